The van der Waals surface area contributed by atoms with Gasteiger partial charge in [-0.1, -0.05) is 13.0 Å². The number of anilines is 1. The minimum absolute atomic E-state index is 0.0813. The standard InChI is InChI=1S/C12H15F2N3O/c1-2-6-18-9-5-3-4-8-11(9)16-12(15)17(8)7-10(13)14/h3-5,10H,2,6-7H2,1H3,(H2,15,16). The number of fused-ring (bicyclic) bond motifs is 1. The minimum atomic E-state index is -2.47. The Morgan fingerprint density at radius 2 is 2.22 bits per heavy atom. The number of nitrogens with zero attached hydrogens (tertiary/aromatic N) is 2. The van der Waals surface area contributed by atoms with Gasteiger partial charge >= 0.3 is 0 Å². The molecule has 0 spiro atoms. The van der Waals surface area contributed by atoms with Gasteiger partial charge in [0, 0.05) is 0 Å². The fraction of sp³-hybridized carbons (Fsp3) is 0.417. The largest absolute Gasteiger partial charge is 0.491 e. The molecule has 0 radical (unpaired) electrons. The van der Waals surface area contributed by atoms with E-state index in [1.165, 1.54) is 4.57 Å². The molecule has 0 atom stereocenters. The van der Waals surface area contributed by atoms with Crippen molar-refractivity contribution in [2.45, 2.75) is 26.3 Å². The van der Waals surface area contributed by atoms with Gasteiger partial charge in [0.15, 0.2) is 0 Å². The van der Waals surface area contributed by atoms with E-state index in [1.807, 2.05) is 6.92 Å². The number of ether oxygens (including phenoxy) is 1. The first kappa shape index (κ1) is 12.6. The summed E-state index contributed by atoms with van der Waals surface area (Å²) in [6.07, 6.45) is -1.60. The Kier molecular flexibility index (Phi) is 3.64. The molecule has 1 aromatic carbocycles. The zero-order valence-electron chi connectivity index (χ0n) is 10.1. The third-order valence-electron chi connectivity index (χ3n) is 2.55. The van der Waals surface area contributed by atoms with Crippen molar-refractivity contribution >= 4 is 17.0 Å². The second-order valence-corrected chi connectivity index (χ2v) is 3.94. The number of nitrogens with two attached hydrogens (primary N) is 1. The Labute approximate surface area is 103 Å². The number of hydrogen-bond acceptors (Lipinski definition) is 3. The smallest absolute Gasteiger partial charge is 0.256 e. The summed E-state index contributed by atoms with van der Waals surface area (Å²) in [7, 11) is 0. The van der Waals surface area contributed by atoms with Crippen molar-refractivity contribution in [2.24, 2.45) is 0 Å². The maximum absolute atomic E-state index is 12.5. The molecule has 0 saturated heterocycles. The number of aromatic nitrogens is 2. The quantitative estimate of drug-likeness (QED) is 0.893. The number of alkyl halides is 2. The number of benzene rings is 1. The minimum Gasteiger partial charge on any atom is -0.491 e. The molecule has 0 aliphatic carbocycles. The van der Waals surface area contributed by atoms with Gasteiger partial charge in [-0.3, -0.25) is 0 Å². The third-order valence-corrected chi connectivity index (χ3v) is 2.55. The number of imidazole rings is 1. The van der Waals surface area contributed by atoms with Crippen molar-refractivity contribution in [1.82, 2.24) is 9.55 Å². The van der Waals surface area contributed by atoms with Gasteiger partial charge in [0.25, 0.3) is 6.43 Å². The normalized spacial score (nSPS) is 11.3. The van der Waals surface area contributed by atoms with Crippen LogP contribution in [-0.4, -0.2) is 22.6 Å². The molecule has 0 bridgehead atoms. The number of rotatable bonds is 5. The van der Waals surface area contributed by atoms with E-state index in [4.69, 9.17) is 10.5 Å². The summed E-state index contributed by atoms with van der Waals surface area (Å²) in [4.78, 5) is 4.10. The van der Waals surface area contributed by atoms with Crippen molar-refractivity contribution in [3.63, 3.8) is 0 Å². The molecule has 0 unspecified atom stereocenters. The predicted molar refractivity (Wildman–Crippen MR) is 65.9 cm³/mol. The lowest BCUT2D eigenvalue weighted by Gasteiger charge is -2.07. The van der Waals surface area contributed by atoms with Gasteiger partial charge in [-0.2, -0.15) is 0 Å². The molecule has 98 valence electrons. The van der Waals surface area contributed by atoms with Crippen molar-refractivity contribution in [2.75, 3.05) is 12.3 Å². The molecule has 2 N–H and O–H groups in total. The van der Waals surface area contributed by atoms with Crippen LogP contribution in [0.15, 0.2) is 18.2 Å². The maximum Gasteiger partial charge on any atom is 0.256 e. The van der Waals surface area contributed by atoms with Gasteiger partial charge < -0.3 is 15.0 Å². The highest BCUT2D eigenvalue weighted by atomic mass is 19.3. The van der Waals surface area contributed by atoms with Crippen LogP contribution < -0.4 is 10.5 Å². The molecule has 2 rings (SSSR count). The van der Waals surface area contributed by atoms with Gasteiger partial charge in [0.1, 0.15) is 11.3 Å². The second kappa shape index (κ2) is 5.20. The van der Waals surface area contributed by atoms with Crippen LogP contribution in [0.25, 0.3) is 11.0 Å². The number of para-hydroxylation sites is 1. The molecule has 2 aromatic rings. The van der Waals surface area contributed by atoms with E-state index in [9.17, 15) is 8.78 Å². The highest BCUT2D eigenvalue weighted by Gasteiger charge is 2.15. The summed E-state index contributed by atoms with van der Waals surface area (Å²) in [5, 5.41) is 0. The summed E-state index contributed by atoms with van der Waals surface area (Å²) in [6.45, 7) is 2.09. The molecule has 18 heavy (non-hydrogen) atoms. The van der Waals surface area contributed by atoms with Gasteiger partial charge in [-0.25, -0.2) is 13.8 Å². The fourth-order valence-electron chi connectivity index (χ4n) is 1.80. The van der Waals surface area contributed by atoms with E-state index in [1.54, 1.807) is 18.2 Å². The lowest BCUT2D eigenvalue weighted by Crippen LogP contribution is -2.09. The van der Waals surface area contributed by atoms with E-state index < -0.39 is 13.0 Å². The lowest BCUT2D eigenvalue weighted by molar-refractivity contribution is 0.128. The molecular formula is C12H15F2N3O. The highest BCUT2D eigenvalue weighted by Crippen LogP contribution is 2.27. The first-order valence-electron chi connectivity index (χ1n) is 5.79. The summed E-state index contributed by atoms with van der Waals surface area (Å²) in [5.74, 6) is 0.659. The molecular weight excluding hydrogens is 240 g/mol. The van der Waals surface area contributed by atoms with Crippen LogP contribution in [0, 0.1) is 0 Å². The number of halogens is 2. The zero-order valence-corrected chi connectivity index (χ0v) is 10.1. The van der Waals surface area contributed by atoms with Crippen LogP contribution in [0.4, 0.5) is 14.7 Å². The molecule has 0 fully saturated rings. The summed E-state index contributed by atoms with van der Waals surface area (Å²) < 4.78 is 31.8. The molecule has 1 heterocycles. The Balaban J connectivity index is 2.45. The monoisotopic (exact) mass is 255 g/mol. The fourth-order valence-corrected chi connectivity index (χ4v) is 1.80. The highest BCUT2D eigenvalue weighted by molar-refractivity contribution is 5.84. The van der Waals surface area contributed by atoms with E-state index in [-0.39, 0.29) is 5.95 Å². The van der Waals surface area contributed by atoms with Gasteiger partial charge in [0.2, 0.25) is 5.95 Å². The average molecular weight is 255 g/mol. The third kappa shape index (κ3) is 2.37. The molecule has 0 saturated carbocycles. The van der Waals surface area contributed by atoms with Crippen LogP contribution in [0.2, 0.25) is 0 Å². The average Bonchev–Trinajstić information content (AvgIpc) is 2.64. The van der Waals surface area contributed by atoms with Gasteiger partial charge in [-0.05, 0) is 18.6 Å². The van der Waals surface area contributed by atoms with Crippen molar-refractivity contribution in [3.8, 4) is 5.75 Å². The van der Waals surface area contributed by atoms with Crippen molar-refractivity contribution < 1.29 is 13.5 Å². The molecule has 1 aromatic heterocycles. The van der Waals surface area contributed by atoms with Gasteiger partial charge in [0.05, 0.1) is 18.7 Å². The van der Waals surface area contributed by atoms with E-state index in [0.29, 0.717) is 23.4 Å². The topological polar surface area (TPSA) is 53.1 Å². The molecule has 0 amide bonds. The second-order valence-electron chi connectivity index (χ2n) is 3.94. The van der Waals surface area contributed by atoms with E-state index >= 15 is 0 Å². The van der Waals surface area contributed by atoms with Gasteiger partial charge in [-0.15, -0.1) is 0 Å². The van der Waals surface area contributed by atoms with E-state index in [0.717, 1.165) is 6.42 Å². The Hall–Kier alpha value is -1.85. The summed E-state index contributed by atoms with van der Waals surface area (Å²) in [5.41, 5.74) is 6.76. The lowest BCUT2D eigenvalue weighted by atomic mass is 10.3. The molecule has 0 aliphatic heterocycles. The Morgan fingerprint density at radius 1 is 1.44 bits per heavy atom. The van der Waals surface area contributed by atoms with Crippen molar-refractivity contribution in [1.29, 1.82) is 0 Å². The summed E-state index contributed by atoms with van der Waals surface area (Å²) in [6, 6.07) is 5.22. The van der Waals surface area contributed by atoms with Crippen molar-refractivity contribution in [3.05, 3.63) is 18.2 Å². The Bertz CT molecular complexity index is 539. The number of hydrogen-bond donors (Lipinski definition) is 1. The SMILES string of the molecule is CCCOc1cccc2c1nc(N)n2CC(F)F. The molecule has 4 nitrogen and oxygen atoms in total. The number of nitrogen functional groups attached to an aromatic ring is 1. The van der Waals surface area contributed by atoms with Crippen LogP contribution in [0.1, 0.15) is 13.3 Å². The molecule has 6 heteroatoms. The van der Waals surface area contributed by atoms with E-state index in [2.05, 4.69) is 4.98 Å². The summed E-state index contributed by atoms with van der Waals surface area (Å²) >= 11 is 0. The zero-order chi connectivity index (χ0) is 13.1. The first-order chi connectivity index (χ1) is 8.63. The maximum atomic E-state index is 12.5. The van der Waals surface area contributed by atoms with Crippen LogP contribution in [-0.2, 0) is 6.54 Å². The molecule has 0 aliphatic rings. The Morgan fingerprint density at radius 3 is 2.89 bits per heavy atom. The predicted octanol–water partition coefficient (Wildman–Crippen LogP) is 2.67. The van der Waals surface area contributed by atoms with Crippen LogP contribution >= 0.6 is 0 Å². The first-order valence-corrected chi connectivity index (χ1v) is 5.79. The van der Waals surface area contributed by atoms with Crippen LogP contribution in [0.3, 0.4) is 0 Å². The van der Waals surface area contributed by atoms with Crippen LogP contribution in [0.5, 0.6) is 5.75 Å².